The van der Waals surface area contributed by atoms with E-state index in [1.807, 2.05) is 0 Å². The minimum Gasteiger partial charge on any atom is -0.332 e. The van der Waals surface area contributed by atoms with Crippen molar-refractivity contribution in [2.75, 3.05) is 11.8 Å². The van der Waals surface area contributed by atoms with Crippen LogP contribution in [0.5, 0.6) is 0 Å². The van der Waals surface area contributed by atoms with Crippen molar-refractivity contribution in [3.8, 4) is 0 Å². The average Bonchev–Trinajstić information content (AvgIpc) is 2.86. The molecule has 2 rings (SSSR count). The molecule has 0 aliphatic heterocycles. The molecule has 0 saturated heterocycles. The van der Waals surface area contributed by atoms with Crippen molar-refractivity contribution in [3.63, 3.8) is 0 Å². The van der Waals surface area contributed by atoms with Crippen LogP contribution in [-0.4, -0.2) is 33.9 Å². The van der Waals surface area contributed by atoms with E-state index in [9.17, 15) is 16.8 Å². The van der Waals surface area contributed by atoms with E-state index in [1.165, 1.54) is 37.5 Å². The van der Waals surface area contributed by atoms with E-state index in [0.29, 0.717) is 5.82 Å². The zero-order valence-electron chi connectivity index (χ0n) is 11.3. The standard InChI is InChI=1S/C11H14N4O4S2/c1-8-13-7-11(14-8)21(18,19)15-9-4-3-5-10(6-9)20(16,17)12-2/h3-7,12,15H,1-2H3,(H,13,14). The van der Waals surface area contributed by atoms with Gasteiger partial charge in [0.05, 0.1) is 16.8 Å². The van der Waals surface area contributed by atoms with Gasteiger partial charge in [-0.05, 0) is 32.2 Å². The predicted molar refractivity (Wildman–Crippen MR) is 76.8 cm³/mol. The van der Waals surface area contributed by atoms with Gasteiger partial charge in [0.15, 0.2) is 5.03 Å². The first-order valence-corrected chi connectivity index (χ1v) is 8.79. The summed E-state index contributed by atoms with van der Waals surface area (Å²) in [6.07, 6.45) is 1.19. The molecule has 10 heteroatoms. The Labute approximate surface area is 122 Å². The van der Waals surface area contributed by atoms with Gasteiger partial charge in [0.1, 0.15) is 5.82 Å². The Kier molecular flexibility index (Phi) is 4.03. The van der Waals surface area contributed by atoms with Gasteiger partial charge < -0.3 is 4.98 Å². The fourth-order valence-corrected chi connectivity index (χ4v) is 3.39. The SMILES string of the molecule is CNS(=O)(=O)c1cccc(NS(=O)(=O)c2cnc(C)[nH]2)c1. The Morgan fingerprint density at radius 3 is 2.43 bits per heavy atom. The van der Waals surface area contributed by atoms with Crippen LogP contribution in [0.2, 0.25) is 0 Å². The quantitative estimate of drug-likeness (QED) is 0.734. The van der Waals surface area contributed by atoms with Gasteiger partial charge in [-0.15, -0.1) is 0 Å². The van der Waals surface area contributed by atoms with Gasteiger partial charge in [-0.25, -0.2) is 18.1 Å². The van der Waals surface area contributed by atoms with Crippen molar-refractivity contribution >= 4 is 25.7 Å². The summed E-state index contributed by atoms with van der Waals surface area (Å²) in [6.45, 7) is 1.62. The monoisotopic (exact) mass is 330 g/mol. The summed E-state index contributed by atoms with van der Waals surface area (Å²) in [5.74, 6) is 0.460. The summed E-state index contributed by atoms with van der Waals surface area (Å²) in [6, 6.07) is 5.49. The smallest absolute Gasteiger partial charge is 0.278 e. The lowest BCUT2D eigenvalue weighted by Gasteiger charge is -2.08. The Morgan fingerprint density at radius 2 is 1.86 bits per heavy atom. The Bertz CT molecular complexity index is 856. The highest BCUT2D eigenvalue weighted by Crippen LogP contribution is 2.18. The molecule has 21 heavy (non-hydrogen) atoms. The number of hydrogen-bond acceptors (Lipinski definition) is 5. The molecular formula is C11H14N4O4S2. The highest BCUT2D eigenvalue weighted by atomic mass is 32.2. The number of aryl methyl sites for hydroxylation is 1. The van der Waals surface area contributed by atoms with E-state index in [0.717, 1.165) is 0 Å². The average molecular weight is 330 g/mol. The minimum absolute atomic E-state index is 0.0361. The zero-order chi connectivity index (χ0) is 15.7. The molecule has 0 fully saturated rings. The number of aromatic nitrogens is 2. The van der Waals surface area contributed by atoms with Crippen LogP contribution in [0.15, 0.2) is 40.4 Å². The predicted octanol–water partition coefficient (Wildman–Crippen LogP) is 0.427. The molecule has 0 atom stereocenters. The first-order chi connectivity index (χ1) is 9.74. The van der Waals surface area contributed by atoms with Gasteiger partial charge in [0.2, 0.25) is 10.0 Å². The number of H-pyrrole nitrogens is 1. The van der Waals surface area contributed by atoms with Crippen molar-refractivity contribution in [3.05, 3.63) is 36.3 Å². The molecule has 1 aromatic carbocycles. The Balaban J connectivity index is 2.35. The summed E-state index contributed by atoms with van der Waals surface area (Å²) < 4.78 is 52.0. The van der Waals surface area contributed by atoms with E-state index in [4.69, 9.17) is 0 Å². The van der Waals surface area contributed by atoms with E-state index in [1.54, 1.807) is 6.92 Å². The fraction of sp³-hybridized carbons (Fsp3) is 0.182. The molecule has 0 spiro atoms. The lowest BCUT2D eigenvalue weighted by Crippen LogP contribution is -2.19. The summed E-state index contributed by atoms with van der Waals surface area (Å²) in [5, 5.41) is -0.0955. The topological polar surface area (TPSA) is 121 Å². The minimum atomic E-state index is -3.84. The van der Waals surface area contributed by atoms with Crippen LogP contribution in [0.4, 0.5) is 5.69 Å². The molecule has 0 aliphatic carbocycles. The number of rotatable bonds is 5. The Morgan fingerprint density at radius 1 is 1.14 bits per heavy atom. The fourth-order valence-electron chi connectivity index (χ4n) is 1.59. The van der Waals surface area contributed by atoms with Crippen LogP contribution in [0.1, 0.15) is 5.82 Å². The first kappa shape index (κ1) is 15.5. The number of sulfonamides is 2. The van der Waals surface area contributed by atoms with Crippen LogP contribution < -0.4 is 9.44 Å². The van der Waals surface area contributed by atoms with Gasteiger partial charge in [-0.2, -0.15) is 8.42 Å². The molecule has 2 aromatic rings. The molecule has 0 radical (unpaired) electrons. The van der Waals surface area contributed by atoms with Crippen LogP contribution in [0, 0.1) is 6.92 Å². The van der Waals surface area contributed by atoms with E-state index in [-0.39, 0.29) is 15.6 Å². The maximum atomic E-state index is 12.1. The summed E-state index contributed by atoms with van der Waals surface area (Å²) >= 11 is 0. The number of nitrogens with zero attached hydrogens (tertiary/aromatic N) is 1. The molecule has 0 bridgehead atoms. The third-order valence-corrected chi connectivity index (χ3v) is 5.34. The van der Waals surface area contributed by atoms with Crippen molar-refractivity contribution in [1.29, 1.82) is 0 Å². The molecule has 1 aromatic heterocycles. The van der Waals surface area contributed by atoms with Gasteiger partial charge in [-0.3, -0.25) is 4.72 Å². The largest absolute Gasteiger partial charge is 0.332 e. The van der Waals surface area contributed by atoms with Crippen LogP contribution in [0.25, 0.3) is 0 Å². The second-order valence-electron chi connectivity index (χ2n) is 4.17. The van der Waals surface area contributed by atoms with Gasteiger partial charge in [-0.1, -0.05) is 6.07 Å². The third-order valence-electron chi connectivity index (χ3n) is 2.63. The number of hydrogen-bond donors (Lipinski definition) is 3. The normalized spacial score (nSPS) is 12.3. The van der Waals surface area contributed by atoms with Crippen molar-refractivity contribution in [1.82, 2.24) is 14.7 Å². The maximum absolute atomic E-state index is 12.1. The van der Waals surface area contributed by atoms with Crippen LogP contribution in [-0.2, 0) is 20.0 Å². The number of nitrogens with one attached hydrogen (secondary N) is 3. The zero-order valence-corrected chi connectivity index (χ0v) is 12.9. The lowest BCUT2D eigenvalue weighted by molar-refractivity contribution is 0.587. The molecule has 3 N–H and O–H groups in total. The second-order valence-corrected chi connectivity index (χ2v) is 7.71. The second kappa shape index (κ2) is 5.47. The molecule has 1 heterocycles. The molecule has 0 saturated carbocycles. The Hall–Kier alpha value is -1.91. The highest BCUT2D eigenvalue weighted by molar-refractivity contribution is 7.92. The number of aromatic amines is 1. The third kappa shape index (κ3) is 3.40. The summed E-state index contributed by atoms with van der Waals surface area (Å²) in [7, 11) is -6.21. The lowest BCUT2D eigenvalue weighted by atomic mass is 10.3. The maximum Gasteiger partial charge on any atom is 0.278 e. The molecule has 8 nitrogen and oxygen atoms in total. The van der Waals surface area contributed by atoms with Crippen LogP contribution >= 0.6 is 0 Å². The molecule has 0 amide bonds. The van der Waals surface area contributed by atoms with E-state index in [2.05, 4.69) is 19.4 Å². The molecule has 0 unspecified atom stereocenters. The molecule has 114 valence electrons. The number of imidazole rings is 1. The molecule has 0 aliphatic rings. The van der Waals surface area contributed by atoms with Gasteiger partial charge in [0.25, 0.3) is 10.0 Å². The number of anilines is 1. The number of benzene rings is 1. The molecular weight excluding hydrogens is 316 g/mol. The summed E-state index contributed by atoms with van der Waals surface area (Å²) in [4.78, 5) is 6.38. The summed E-state index contributed by atoms with van der Waals surface area (Å²) in [5.41, 5.74) is 0.138. The van der Waals surface area contributed by atoms with Crippen molar-refractivity contribution in [2.45, 2.75) is 16.8 Å². The van der Waals surface area contributed by atoms with Crippen LogP contribution in [0.3, 0.4) is 0 Å². The van der Waals surface area contributed by atoms with Crippen molar-refractivity contribution < 1.29 is 16.8 Å². The van der Waals surface area contributed by atoms with Crippen molar-refractivity contribution in [2.24, 2.45) is 0 Å². The van der Waals surface area contributed by atoms with Gasteiger partial charge >= 0.3 is 0 Å². The van der Waals surface area contributed by atoms with E-state index < -0.39 is 20.0 Å². The first-order valence-electron chi connectivity index (χ1n) is 5.83. The van der Waals surface area contributed by atoms with Gasteiger partial charge in [0, 0.05) is 0 Å². The van der Waals surface area contributed by atoms with E-state index >= 15 is 0 Å². The highest BCUT2D eigenvalue weighted by Gasteiger charge is 2.18.